The van der Waals surface area contributed by atoms with Gasteiger partial charge in [-0.25, -0.2) is 0 Å². The summed E-state index contributed by atoms with van der Waals surface area (Å²) in [5.74, 6) is -0.0444. The number of cyclic esters (lactones) is 1. The minimum atomic E-state index is -0.324. The van der Waals surface area contributed by atoms with E-state index in [0.717, 1.165) is 38.7 Å². The number of hydrogen-bond donors (Lipinski definition) is 0. The van der Waals surface area contributed by atoms with Gasteiger partial charge in [-0.1, -0.05) is 13.3 Å². The average molecular weight is 240 g/mol. The minimum absolute atomic E-state index is 0.0362. The van der Waals surface area contributed by atoms with Crippen LogP contribution in [-0.2, 0) is 19.0 Å². The summed E-state index contributed by atoms with van der Waals surface area (Å²) in [5, 5.41) is 0. The van der Waals surface area contributed by atoms with Gasteiger partial charge in [-0.3, -0.25) is 4.79 Å². The van der Waals surface area contributed by atoms with Gasteiger partial charge in [0.05, 0.1) is 30.3 Å². The van der Waals surface area contributed by atoms with E-state index < -0.39 is 0 Å². The molecule has 4 unspecified atom stereocenters. The van der Waals surface area contributed by atoms with Crippen LogP contribution in [0, 0.1) is 5.41 Å². The Kier molecular flexibility index (Phi) is 2.87. The van der Waals surface area contributed by atoms with Crippen LogP contribution >= 0.6 is 0 Å². The van der Waals surface area contributed by atoms with Gasteiger partial charge in [0, 0.05) is 19.4 Å². The maximum absolute atomic E-state index is 11.8. The summed E-state index contributed by atoms with van der Waals surface area (Å²) < 4.78 is 16.9. The number of fused-ring (bicyclic) bond motifs is 3. The van der Waals surface area contributed by atoms with E-state index in [0.29, 0.717) is 6.61 Å². The number of hydrogen-bond acceptors (Lipinski definition) is 4. The Hall–Kier alpha value is -0.610. The number of ether oxygens (including phenoxy) is 3. The van der Waals surface area contributed by atoms with Crippen LogP contribution in [0.4, 0.5) is 0 Å². The van der Waals surface area contributed by atoms with Crippen molar-refractivity contribution in [2.45, 2.75) is 57.3 Å². The number of carbonyl (C=O) groups excluding carboxylic acids is 1. The molecule has 3 aliphatic heterocycles. The Morgan fingerprint density at radius 3 is 3.00 bits per heavy atom. The lowest BCUT2D eigenvalue weighted by Crippen LogP contribution is -2.41. The van der Waals surface area contributed by atoms with E-state index in [1.165, 1.54) is 0 Å². The first-order valence-electron chi connectivity index (χ1n) is 6.70. The van der Waals surface area contributed by atoms with Crippen molar-refractivity contribution in [3.05, 3.63) is 0 Å². The van der Waals surface area contributed by atoms with Crippen molar-refractivity contribution in [3.63, 3.8) is 0 Å². The molecule has 0 aromatic heterocycles. The Morgan fingerprint density at radius 2 is 2.41 bits per heavy atom. The molecule has 3 fully saturated rings. The summed E-state index contributed by atoms with van der Waals surface area (Å²) in [6.07, 6.45) is 5.09. The van der Waals surface area contributed by atoms with Gasteiger partial charge in [-0.15, -0.1) is 0 Å². The molecule has 4 atom stereocenters. The lowest BCUT2D eigenvalue weighted by atomic mass is 9.72. The van der Waals surface area contributed by atoms with Crippen LogP contribution in [0.3, 0.4) is 0 Å². The Bertz CT molecular complexity index is 317. The summed E-state index contributed by atoms with van der Waals surface area (Å²) in [4.78, 5) is 11.8. The van der Waals surface area contributed by atoms with Crippen molar-refractivity contribution >= 4 is 5.97 Å². The highest BCUT2D eigenvalue weighted by Gasteiger charge is 2.63. The third-order valence-electron chi connectivity index (χ3n) is 4.40. The first-order chi connectivity index (χ1) is 8.26. The van der Waals surface area contributed by atoms with Crippen LogP contribution in [0.5, 0.6) is 0 Å². The molecule has 0 amide bonds. The summed E-state index contributed by atoms with van der Waals surface area (Å²) >= 11 is 0. The molecule has 0 N–H and O–H groups in total. The van der Waals surface area contributed by atoms with Crippen molar-refractivity contribution in [3.8, 4) is 0 Å². The van der Waals surface area contributed by atoms with Gasteiger partial charge in [0.2, 0.25) is 0 Å². The fourth-order valence-electron chi connectivity index (χ4n) is 3.35. The summed E-state index contributed by atoms with van der Waals surface area (Å²) in [6.45, 7) is 3.53. The first kappa shape index (κ1) is 11.5. The van der Waals surface area contributed by atoms with E-state index in [1.54, 1.807) is 0 Å². The smallest absolute Gasteiger partial charge is 0.314 e. The van der Waals surface area contributed by atoms with Crippen LogP contribution in [-0.4, -0.2) is 37.5 Å². The van der Waals surface area contributed by atoms with E-state index in [9.17, 15) is 4.79 Å². The molecule has 1 spiro atoms. The Balaban J connectivity index is 1.60. The normalized spacial score (nSPS) is 43.6. The van der Waals surface area contributed by atoms with E-state index in [2.05, 4.69) is 6.92 Å². The second-order valence-electron chi connectivity index (χ2n) is 5.41. The fraction of sp³-hybridized carbons (Fsp3) is 0.923. The van der Waals surface area contributed by atoms with Gasteiger partial charge in [0.1, 0.15) is 0 Å². The molecule has 3 aliphatic rings. The molecule has 0 aliphatic carbocycles. The molecule has 17 heavy (non-hydrogen) atoms. The molecule has 4 nitrogen and oxygen atoms in total. The number of rotatable bonds is 4. The first-order valence-corrected chi connectivity index (χ1v) is 6.70. The van der Waals surface area contributed by atoms with E-state index in [1.807, 2.05) is 0 Å². The van der Waals surface area contributed by atoms with Crippen LogP contribution in [0.2, 0.25) is 0 Å². The Labute approximate surface area is 102 Å². The number of unbranched alkanes of at least 4 members (excludes halogenated alkanes) is 1. The molecule has 2 bridgehead atoms. The van der Waals surface area contributed by atoms with Crippen LogP contribution in [0.25, 0.3) is 0 Å². The molecule has 0 aromatic rings. The maximum Gasteiger partial charge on any atom is 0.314 e. The standard InChI is InChI=1S/C13H20O4/c1-2-3-5-15-9-7-11-13(8-10(9)17-11)4-6-16-12(13)14/h9-11H,2-8H2,1H3. The zero-order valence-electron chi connectivity index (χ0n) is 10.3. The molecule has 0 saturated carbocycles. The lowest BCUT2D eigenvalue weighted by Gasteiger charge is -2.29. The predicted octanol–water partition coefficient (Wildman–Crippen LogP) is 1.67. The third-order valence-corrected chi connectivity index (χ3v) is 4.40. The molecule has 0 aromatic carbocycles. The van der Waals surface area contributed by atoms with Gasteiger partial charge in [-0.05, 0) is 12.8 Å². The highest BCUT2D eigenvalue weighted by molar-refractivity contribution is 5.80. The largest absolute Gasteiger partial charge is 0.465 e. The van der Waals surface area contributed by atoms with E-state index in [-0.39, 0.29) is 29.7 Å². The van der Waals surface area contributed by atoms with Crippen molar-refractivity contribution in [1.82, 2.24) is 0 Å². The van der Waals surface area contributed by atoms with Crippen LogP contribution in [0.15, 0.2) is 0 Å². The lowest BCUT2D eigenvalue weighted by molar-refractivity contribution is -0.149. The van der Waals surface area contributed by atoms with Crippen molar-refractivity contribution in [2.24, 2.45) is 5.41 Å². The second kappa shape index (κ2) is 4.25. The van der Waals surface area contributed by atoms with Gasteiger partial charge < -0.3 is 14.2 Å². The average Bonchev–Trinajstić information content (AvgIpc) is 2.96. The van der Waals surface area contributed by atoms with Crippen LogP contribution < -0.4 is 0 Å². The summed E-state index contributed by atoms with van der Waals surface area (Å²) in [6, 6.07) is 0. The third kappa shape index (κ3) is 1.69. The molecule has 3 saturated heterocycles. The molecular formula is C13H20O4. The topological polar surface area (TPSA) is 44.8 Å². The van der Waals surface area contributed by atoms with Crippen molar-refractivity contribution in [1.29, 1.82) is 0 Å². The highest BCUT2D eigenvalue weighted by Crippen LogP contribution is 2.53. The summed E-state index contributed by atoms with van der Waals surface area (Å²) in [5.41, 5.74) is -0.324. The molecule has 3 rings (SSSR count). The summed E-state index contributed by atoms with van der Waals surface area (Å²) in [7, 11) is 0. The van der Waals surface area contributed by atoms with Gasteiger partial charge >= 0.3 is 5.97 Å². The zero-order chi connectivity index (χ0) is 11.9. The molecular weight excluding hydrogens is 220 g/mol. The molecule has 4 heteroatoms. The number of carbonyl (C=O) groups is 1. The number of esters is 1. The van der Waals surface area contributed by atoms with Gasteiger partial charge in [0.15, 0.2) is 0 Å². The van der Waals surface area contributed by atoms with Gasteiger partial charge in [-0.2, -0.15) is 0 Å². The Morgan fingerprint density at radius 1 is 1.53 bits per heavy atom. The molecule has 0 radical (unpaired) electrons. The van der Waals surface area contributed by atoms with E-state index >= 15 is 0 Å². The maximum atomic E-state index is 11.8. The molecule has 3 heterocycles. The minimum Gasteiger partial charge on any atom is -0.465 e. The molecule has 96 valence electrons. The monoisotopic (exact) mass is 240 g/mol. The quantitative estimate of drug-likeness (QED) is 0.554. The highest BCUT2D eigenvalue weighted by atomic mass is 16.6. The van der Waals surface area contributed by atoms with E-state index in [4.69, 9.17) is 14.2 Å². The van der Waals surface area contributed by atoms with Crippen molar-refractivity contribution in [2.75, 3.05) is 13.2 Å². The van der Waals surface area contributed by atoms with Crippen LogP contribution in [0.1, 0.15) is 39.0 Å². The second-order valence-corrected chi connectivity index (χ2v) is 5.41. The fourth-order valence-corrected chi connectivity index (χ4v) is 3.35. The van der Waals surface area contributed by atoms with Crippen molar-refractivity contribution < 1.29 is 19.0 Å². The SMILES string of the molecule is CCCCOC1CC2OC1CC21CCOC1=O. The predicted molar refractivity (Wildman–Crippen MR) is 60.6 cm³/mol. The van der Waals surface area contributed by atoms with Gasteiger partial charge in [0.25, 0.3) is 0 Å². The zero-order valence-corrected chi connectivity index (χ0v) is 10.3.